The van der Waals surface area contributed by atoms with Gasteiger partial charge >= 0.3 is 0 Å². The topological polar surface area (TPSA) is 78.5 Å². The lowest BCUT2D eigenvalue weighted by molar-refractivity contribution is 0.0732. The van der Waals surface area contributed by atoms with Crippen LogP contribution in [0.1, 0.15) is 34.9 Å². The van der Waals surface area contributed by atoms with E-state index in [4.69, 9.17) is 4.74 Å². The highest BCUT2D eigenvalue weighted by Gasteiger charge is 2.29. The van der Waals surface area contributed by atoms with E-state index in [2.05, 4.69) is 14.9 Å². The van der Waals surface area contributed by atoms with E-state index in [0.29, 0.717) is 38.0 Å². The zero-order valence-electron chi connectivity index (χ0n) is 13.7. The number of carbonyl (C=O) groups is 1. The molecule has 0 unspecified atom stereocenters. The highest BCUT2D eigenvalue weighted by Crippen LogP contribution is 2.37. The lowest BCUT2D eigenvalue weighted by atomic mass is 10.1. The Morgan fingerprint density at radius 1 is 1.48 bits per heavy atom. The van der Waals surface area contributed by atoms with E-state index in [9.17, 15) is 9.59 Å². The fourth-order valence-electron chi connectivity index (χ4n) is 2.99. The van der Waals surface area contributed by atoms with Gasteiger partial charge in [-0.2, -0.15) is 0 Å². The standard InChI is InChI=1S/C16H24N4O3/c1-19(2)8-11-9-20(5-6-23-10-11)16(22)13-7-17-14(12-3-4-12)18-15(13)21/h7,11-12H,3-6,8-10H2,1-2H3,(H,17,18,21)/t11-/m1/s1. The fraction of sp³-hybridized carbons (Fsp3) is 0.688. The number of nitrogens with one attached hydrogen (secondary N) is 1. The third-order valence-corrected chi connectivity index (χ3v) is 4.26. The van der Waals surface area contributed by atoms with Crippen molar-refractivity contribution in [2.45, 2.75) is 18.8 Å². The second kappa shape index (κ2) is 6.80. The Balaban J connectivity index is 1.74. The summed E-state index contributed by atoms with van der Waals surface area (Å²) in [6.07, 6.45) is 3.55. The summed E-state index contributed by atoms with van der Waals surface area (Å²) >= 11 is 0. The third-order valence-electron chi connectivity index (χ3n) is 4.26. The van der Waals surface area contributed by atoms with Gasteiger partial charge in [0.05, 0.1) is 13.2 Å². The van der Waals surface area contributed by atoms with Crippen LogP contribution in [-0.4, -0.2) is 72.6 Å². The molecule has 1 aromatic heterocycles. The summed E-state index contributed by atoms with van der Waals surface area (Å²) in [6.45, 7) is 3.09. The first kappa shape index (κ1) is 16.1. The second-order valence-corrected chi connectivity index (χ2v) is 6.74. The quantitative estimate of drug-likeness (QED) is 0.863. The van der Waals surface area contributed by atoms with Gasteiger partial charge in [0.1, 0.15) is 11.4 Å². The van der Waals surface area contributed by atoms with Crippen molar-refractivity contribution in [2.24, 2.45) is 5.92 Å². The van der Waals surface area contributed by atoms with Crippen molar-refractivity contribution in [3.05, 3.63) is 27.9 Å². The Kier molecular flexibility index (Phi) is 4.77. The molecule has 1 amide bonds. The predicted molar refractivity (Wildman–Crippen MR) is 85.6 cm³/mol. The van der Waals surface area contributed by atoms with E-state index in [1.165, 1.54) is 6.20 Å². The lowest BCUT2D eigenvalue weighted by Crippen LogP contribution is -2.40. The van der Waals surface area contributed by atoms with Gasteiger partial charge in [0.2, 0.25) is 0 Å². The van der Waals surface area contributed by atoms with Gasteiger partial charge in [-0.15, -0.1) is 0 Å². The van der Waals surface area contributed by atoms with Crippen molar-refractivity contribution in [1.82, 2.24) is 19.8 Å². The van der Waals surface area contributed by atoms with Gasteiger partial charge in [-0.3, -0.25) is 9.59 Å². The van der Waals surface area contributed by atoms with Crippen LogP contribution in [0.5, 0.6) is 0 Å². The largest absolute Gasteiger partial charge is 0.379 e. The average molecular weight is 320 g/mol. The van der Waals surface area contributed by atoms with E-state index in [-0.39, 0.29) is 22.9 Å². The minimum Gasteiger partial charge on any atom is -0.379 e. The van der Waals surface area contributed by atoms with E-state index in [0.717, 1.165) is 19.4 Å². The van der Waals surface area contributed by atoms with E-state index >= 15 is 0 Å². The first-order chi connectivity index (χ1) is 11.0. The highest BCUT2D eigenvalue weighted by molar-refractivity contribution is 5.93. The van der Waals surface area contributed by atoms with Gasteiger partial charge in [-0.1, -0.05) is 0 Å². The van der Waals surface area contributed by atoms with Crippen LogP contribution in [0.3, 0.4) is 0 Å². The summed E-state index contributed by atoms with van der Waals surface area (Å²) in [5.41, 5.74) is -0.207. The van der Waals surface area contributed by atoms with Crippen LogP contribution in [0.2, 0.25) is 0 Å². The molecule has 2 heterocycles. The molecule has 1 aromatic rings. The molecule has 1 aliphatic carbocycles. The van der Waals surface area contributed by atoms with Crippen molar-refractivity contribution in [3.8, 4) is 0 Å². The zero-order valence-corrected chi connectivity index (χ0v) is 13.7. The van der Waals surface area contributed by atoms with Gasteiger partial charge < -0.3 is 19.5 Å². The SMILES string of the molecule is CN(C)C[C@H]1COCCN(C(=O)c2cnc(C3CC3)[nH]c2=O)C1. The molecule has 23 heavy (non-hydrogen) atoms. The molecule has 7 nitrogen and oxygen atoms in total. The normalized spacial score (nSPS) is 22.2. The Bertz CT molecular complexity index is 624. The van der Waals surface area contributed by atoms with Crippen LogP contribution >= 0.6 is 0 Å². The van der Waals surface area contributed by atoms with Gasteiger partial charge in [0, 0.05) is 37.7 Å². The van der Waals surface area contributed by atoms with Gasteiger partial charge in [-0.25, -0.2) is 4.98 Å². The Morgan fingerprint density at radius 3 is 2.91 bits per heavy atom. The van der Waals surface area contributed by atoms with Crippen molar-refractivity contribution >= 4 is 5.91 Å². The molecule has 2 fully saturated rings. The molecule has 3 rings (SSSR count). The second-order valence-electron chi connectivity index (χ2n) is 6.74. The predicted octanol–water partition coefficient (Wildman–Crippen LogP) is 0.298. The molecular formula is C16H24N4O3. The average Bonchev–Trinajstić information content (AvgIpc) is 3.33. The van der Waals surface area contributed by atoms with Crippen LogP contribution in [0.4, 0.5) is 0 Å². The molecule has 2 aliphatic rings. The summed E-state index contributed by atoms with van der Waals surface area (Å²) < 4.78 is 5.59. The third kappa shape index (κ3) is 3.97. The molecule has 7 heteroatoms. The minimum absolute atomic E-state index is 0.125. The molecule has 1 N–H and O–H groups in total. The molecule has 0 spiro atoms. The molecule has 0 bridgehead atoms. The molecule has 1 saturated heterocycles. The van der Waals surface area contributed by atoms with Crippen molar-refractivity contribution in [2.75, 3.05) is 46.9 Å². The number of nitrogens with zero attached hydrogens (tertiary/aromatic N) is 3. The Hall–Kier alpha value is -1.73. The summed E-state index contributed by atoms with van der Waals surface area (Å²) in [5.74, 6) is 1.06. The number of aromatic amines is 1. The Labute approximate surface area is 135 Å². The number of ether oxygens (including phenoxy) is 1. The van der Waals surface area contributed by atoms with Crippen molar-refractivity contribution < 1.29 is 9.53 Å². The van der Waals surface area contributed by atoms with Crippen LogP contribution in [0.15, 0.2) is 11.0 Å². The van der Waals surface area contributed by atoms with E-state index in [1.807, 2.05) is 14.1 Å². The highest BCUT2D eigenvalue weighted by atomic mass is 16.5. The Morgan fingerprint density at radius 2 is 2.26 bits per heavy atom. The van der Waals surface area contributed by atoms with Gasteiger partial charge in [-0.05, 0) is 26.9 Å². The fourth-order valence-corrected chi connectivity index (χ4v) is 2.99. The van der Waals surface area contributed by atoms with E-state index < -0.39 is 0 Å². The molecule has 1 aliphatic heterocycles. The number of hydrogen-bond acceptors (Lipinski definition) is 5. The summed E-state index contributed by atoms with van der Waals surface area (Å²) in [4.78, 5) is 35.7. The number of H-pyrrole nitrogens is 1. The summed E-state index contributed by atoms with van der Waals surface area (Å²) in [6, 6.07) is 0. The van der Waals surface area contributed by atoms with E-state index in [1.54, 1.807) is 4.90 Å². The van der Waals surface area contributed by atoms with Crippen LogP contribution in [0.25, 0.3) is 0 Å². The molecule has 1 saturated carbocycles. The molecule has 0 aromatic carbocycles. The molecule has 126 valence electrons. The molecule has 1 atom stereocenters. The molecule has 0 radical (unpaired) electrons. The summed E-state index contributed by atoms with van der Waals surface area (Å²) in [5, 5.41) is 0. The maximum absolute atomic E-state index is 12.7. The lowest BCUT2D eigenvalue weighted by Gasteiger charge is -2.25. The number of carbonyl (C=O) groups excluding carboxylic acids is 1. The first-order valence-corrected chi connectivity index (χ1v) is 8.15. The van der Waals surface area contributed by atoms with Gasteiger partial charge in [0.15, 0.2) is 0 Å². The number of hydrogen-bond donors (Lipinski definition) is 1. The van der Waals surface area contributed by atoms with Crippen LogP contribution < -0.4 is 5.56 Å². The minimum atomic E-state index is -0.332. The van der Waals surface area contributed by atoms with Crippen molar-refractivity contribution in [1.29, 1.82) is 0 Å². The van der Waals surface area contributed by atoms with Crippen molar-refractivity contribution in [3.63, 3.8) is 0 Å². The zero-order chi connectivity index (χ0) is 16.4. The number of rotatable bonds is 4. The van der Waals surface area contributed by atoms with Gasteiger partial charge in [0.25, 0.3) is 11.5 Å². The van der Waals surface area contributed by atoms with Crippen LogP contribution in [-0.2, 0) is 4.74 Å². The maximum Gasteiger partial charge on any atom is 0.263 e. The monoisotopic (exact) mass is 320 g/mol. The first-order valence-electron chi connectivity index (χ1n) is 8.15. The maximum atomic E-state index is 12.7. The smallest absolute Gasteiger partial charge is 0.263 e. The van der Waals surface area contributed by atoms with Crippen LogP contribution in [0, 0.1) is 5.92 Å². The molecular weight excluding hydrogens is 296 g/mol. The summed E-state index contributed by atoms with van der Waals surface area (Å²) in [7, 11) is 4.00. The number of amides is 1. The number of aromatic nitrogens is 2.